The van der Waals surface area contributed by atoms with Crippen LogP contribution in [-0.4, -0.2) is 15.1 Å². The average molecular weight is 372 g/mol. The van der Waals surface area contributed by atoms with Crippen LogP contribution in [0.3, 0.4) is 0 Å². The van der Waals surface area contributed by atoms with Gasteiger partial charge in [0, 0.05) is 16.5 Å². The molecule has 126 valence electrons. The second-order valence-corrected chi connectivity index (χ2v) is 6.93. The molecule has 0 spiro atoms. The third-order valence-corrected chi connectivity index (χ3v) is 5.27. The summed E-state index contributed by atoms with van der Waals surface area (Å²) in [5.41, 5.74) is 1.51. The highest BCUT2D eigenvalue weighted by atomic mass is 35.5. The van der Waals surface area contributed by atoms with Crippen LogP contribution in [0.15, 0.2) is 47.2 Å². The first-order valence-electron chi connectivity index (χ1n) is 7.81. The fourth-order valence-electron chi connectivity index (χ4n) is 2.49. The molecule has 0 aliphatic rings. The van der Waals surface area contributed by atoms with Crippen molar-refractivity contribution in [2.75, 3.05) is 0 Å². The summed E-state index contributed by atoms with van der Waals surface area (Å²) in [7, 11) is 0. The first kappa shape index (κ1) is 16.1. The van der Waals surface area contributed by atoms with Gasteiger partial charge in [-0.15, -0.1) is 11.3 Å². The smallest absolute Gasteiger partial charge is 0.225 e. The fourth-order valence-corrected chi connectivity index (χ4v) is 3.65. The Hall–Kier alpha value is -2.44. The van der Waals surface area contributed by atoms with Crippen molar-refractivity contribution in [2.45, 2.75) is 20.0 Å². The Kier molecular flexibility index (Phi) is 4.38. The predicted molar refractivity (Wildman–Crippen MR) is 98.1 cm³/mol. The summed E-state index contributed by atoms with van der Waals surface area (Å²) in [4.78, 5) is 10.7. The number of aromatic nitrogens is 3. The second kappa shape index (κ2) is 6.82. The van der Waals surface area contributed by atoms with Crippen LogP contribution in [0, 0.1) is 0 Å². The van der Waals surface area contributed by atoms with Gasteiger partial charge < -0.3 is 9.26 Å². The van der Waals surface area contributed by atoms with Gasteiger partial charge in [0.05, 0.1) is 10.4 Å². The van der Waals surface area contributed by atoms with E-state index < -0.39 is 0 Å². The molecule has 0 bridgehead atoms. The van der Waals surface area contributed by atoms with Crippen LogP contribution >= 0.6 is 22.9 Å². The van der Waals surface area contributed by atoms with Gasteiger partial charge in [0.25, 0.3) is 0 Å². The molecule has 4 aromatic rings. The Balaban J connectivity index is 1.55. The summed E-state index contributed by atoms with van der Waals surface area (Å²) in [6.45, 7) is 2.35. The minimum Gasteiger partial charge on any atom is -0.469 e. The summed E-state index contributed by atoms with van der Waals surface area (Å²) in [6, 6.07) is 11.4. The molecule has 7 heteroatoms. The van der Waals surface area contributed by atoms with Crippen LogP contribution in [0.25, 0.3) is 21.5 Å². The van der Waals surface area contributed by atoms with Gasteiger partial charge in [-0.25, -0.2) is 9.97 Å². The van der Waals surface area contributed by atoms with Crippen molar-refractivity contribution in [2.24, 2.45) is 0 Å². The molecular weight excluding hydrogens is 358 g/mol. The van der Waals surface area contributed by atoms with Crippen LogP contribution in [0.2, 0.25) is 5.02 Å². The van der Waals surface area contributed by atoms with Crippen molar-refractivity contribution >= 4 is 33.2 Å². The number of benzene rings is 1. The lowest BCUT2D eigenvalue weighted by Gasteiger charge is -2.02. The predicted octanol–water partition coefficient (Wildman–Crippen LogP) is 5.14. The maximum Gasteiger partial charge on any atom is 0.225 e. The fraction of sp³-hybridized carbons (Fsp3) is 0.167. The minimum atomic E-state index is 0.237. The topological polar surface area (TPSA) is 61.0 Å². The molecule has 3 heterocycles. The van der Waals surface area contributed by atoms with Crippen molar-refractivity contribution in [3.05, 3.63) is 58.4 Å². The van der Waals surface area contributed by atoms with E-state index in [1.807, 2.05) is 30.3 Å². The van der Waals surface area contributed by atoms with Gasteiger partial charge in [0.15, 0.2) is 12.4 Å². The third kappa shape index (κ3) is 3.23. The van der Waals surface area contributed by atoms with Gasteiger partial charge in [-0.1, -0.05) is 41.9 Å². The number of aryl methyl sites for hydroxylation is 1. The zero-order chi connectivity index (χ0) is 17.2. The van der Waals surface area contributed by atoms with E-state index in [-0.39, 0.29) is 6.61 Å². The number of hydrogen-bond acceptors (Lipinski definition) is 6. The van der Waals surface area contributed by atoms with E-state index in [2.05, 4.69) is 28.1 Å². The molecule has 0 aliphatic heterocycles. The summed E-state index contributed by atoms with van der Waals surface area (Å²) in [5.74, 6) is 1.16. The van der Waals surface area contributed by atoms with Gasteiger partial charge in [-0.05, 0) is 18.6 Å². The molecule has 0 atom stereocenters. The Labute approximate surface area is 153 Å². The molecule has 0 amide bonds. The standard InChI is InChI=1S/C18H14ClN3O2S/c1-2-12-8-14-17(20-10-21-18(14)25-12)23-9-11-7-16(22-24-11)13-5-3-4-6-15(13)19/h3-8,10H,2,9H2,1H3. The van der Waals surface area contributed by atoms with E-state index in [0.29, 0.717) is 22.4 Å². The highest BCUT2D eigenvalue weighted by Crippen LogP contribution is 2.31. The van der Waals surface area contributed by atoms with Crippen molar-refractivity contribution in [3.63, 3.8) is 0 Å². The van der Waals surface area contributed by atoms with Crippen LogP contribution in [0.1, 0.15) is 17.6 Å². The van der Waals surface area contributed by atoms with E-state index >= 15 is 0 Å². The number of halogens is 1. The van der Waals surface area contributed by atoms with Gasteiger partial charge in [0.1, 0.15) is 16.9 Å². The number of rotatable bonds is 5. The molecule has 0 saturated heterocycles. The lowest BCUT2D eigenvalue weighted by molar-refractivity contribution is 0.244. The van der Waals surface area contributed by atoms with Crippen LogP contribution in [0.4, 0.5) is 0 Å². The van der Waals surface area contributed by atoms with E-state index in [1.165, 1.54) is 11.2 Å². The van der Waals surface area contributed by atoms with Crippen LogP contribution in [0.5, 0.6) is 5.88 Å². The quantitative estimate of drug-likeness (QED) is 0.486. The molecule has 0 unspecified atom stereocenters. The first-order chi connectivity index (χ1) is 12.2. The molecule has 25 heavy (non-hydrogen) atoms. The Morgan fingerprint density at radius 1 is 1.20 bits per heavy atom. The average Bonchev–Trinajstić information content (AvgIpc) is 3.27. The molecule has 5 nitrogen and oxygen atoms in total. The van der Waals surface area contributed by atoms with Crippen molar-refractivity contribution in [1.29, 1.82) is 0 Å². The Morgan fingerprint density at radius 2 is 2.08 bits per heavy atom. The molecule has 0 aliphatic carbocycles. The summed E-state index contributed by atoms with van der Waals surface area (Å²) < 4.78 is 11.2. The number of fused-ring (bicyclic) bond motifs is 1. The second-order valence-electron chi connectivity index (χ2n) is 5.41. The summed E-state index contributed by atoms with van der Waals surface area (Å²) >= 11 is 7.85. The molecule has 0 radical (unpaired) electrons. The third-order valence-electron chi connectivity index (χ3n) is 3.75. The van der Waals surface area contributed by atoms with E-state index in [4.69, 9.17) is 20.9 Å². The van der Waals surface area contributed by atoms with E-state index in [1.54, 1.807) is 11.3 Å². The number of hydrogen-bond donors (Lipinski definition) is 0. The van der Waals surface area contributed by atoms with Crippen molar-refractivity contribution in [1.82, 2.24) is 15.1 Å². The molecule has 3 aromatic heterocycles. The highest BCUT2D eigenvalue weighted by molar-refractivity contribution is 7.18. The maximum absolute atomic E-state index is 6.19. The molecule has 0 saturated carbocycles. The molecular formula is C18H14ClN3O2S. The van der Waals surface area contributed by atoms with Gasteiger partial charge in [-0.3, -0.25) is 0 Å². The molecule has 4 rings (SSSR count). The summed E-state index contributed by atoms with van der Waals surface area (Å²) in [5, 5.41) is 5.63. The molecule has 1 aromatic carbocycles. The monoisotopic (exact) mass is 371 g/mol. The summed E-state index contributed by atoms with van der Waals surface area (Å²) in [6.07, 6.45) is 2.48. The number of nitrogens with zero attached hydrogens (tertiary/aromatic N) is 3. The van der Waals surface area contributed by atoms with Gasteiger partial charge >= 0.3 is 0 Å². The highest BCUT2D eigenvalue weighted by Gasteiger charge is 2.13. The van der Waals surface area contributed by atoms with Crippen LogP contribution < -0.4 is 4.74 Å². The SMILES string of the molecule is CCc1cc2c(OCc3cc(-c4ccccc4Cl)no3)ncnc2s1. The number of thiophene rings is 1. The van der Waals surface area contributed by atoms with E-state index in [9.17, 15) is 0 Å². The lowest BCUT2D eigenvalue weighted by Crippen LogP contribution is -1.96. The van der Waals surface area contributed by atoms with Crippen molar-refractivity contribution in [3.8, 4) is 17.1 Å². The normalized spacial score (nSPS) is 11.1. The first-order valence-corrected chi connectivity index (χ1v) is 9.00. The van der Waals surface area contributed by atoms with Crippen molar-refractivity contribution < 1.29 is 9.26 Å². The Morgan fingerprint density at radius 3 is 2.92 bits per heavy atom. The number of ether oxygens (including phenoxy) is 1. The maximum atomic E-state index is 6.19. The van der Waals surface area contributed by atoms with E-state index in [0.717, 1.165) is 22.2 Å². The van der Waals surface area contributed by atoms with Gasteiger partial charge in [-0.2, -0.15) is 0 Å². The largest absolute Gasteiger partial charge is 0.469 e. The Bertz CT molecular complexity index is 1030. The zero-order valence-electron chi connectivity index (χ0n) is 13.4. The lowest BCUT2D eigenvalue weighted by atomic mass is 10.1. The minimum absolute atomic E-state index is 0.237. The molecule has 0 N–H and O–H groups in total. The molecule has 0 fully saturated rings. The van der Waals surface area contributed by atoms with Crippen LogP contribution in [-0.2, 0) is 13.0 Å². The zero-order valence-corrected chi connectivity index (χ0v) is 15.0. The van der Waals surface area contributed by atoms with Gasteiger partial charge in [0.2, 0.25) is 5.88 Å².